The second-order valence-corrected chi connectivity index (χ2v) is 3.96. The van der Waals surface area contributed by atoms with Crippen molar-refractivity contribution in [2.24, 2.45) is 5.73 Å². The van der Waals surface area contributed by atoms with Gasteiger partial charge in [-0.15, -0.1) is 0 Å². The zero-order valence-electron chi connectivity index (χ0n) is 10.2. The molecule has 0 amide bonds. The summed E-state index contributed by atoms with van der Waals surface area (Å²) in [6.07, 6.45) is 2.17. The van der Waals surface area contributed by atoms with Crippen molar-refractivity contribution in [3.8, 4) is 0 Å². The highest BCUT2D eigenvalue weighted by Crippen LogP contribution is 2.21. The minimum atomic E-state index is 0.467. The van der Waals surface area contributed by atoms with Crippen LogP contribution in [-0.2, 0) is 6.54 Å². The van der Waals surface area contributed by atoms with E-state index in [1.165, 1.54) is 0 Å². The van der Waals surface area contributed by atoms with Gasteiger partial charge in [0.05, 0.1) is 5.69 Å². The molecule has 1 aromatic heterocycles. The van der Waals surface area contributed by atoms with Crippen LogP contribution >= 0.6 is 0 Å². The van der Waals surface area contributed by atoms with Gasteiger partial charge in [-0.1, -0.05) is 13.8 Å². The predicted molar refractivity (Wildman–Crippen MR) is 62.7 cm³/mol. The fraction of sp³-hybridized carbons (Fsp3) is 0.667. The summed E-state index contributed by atoms with van der Waals surface area (Å²) in [5, 5.41) is 0. The summed E-state index contributed by atoms with van der Waals surface area (Å²) >= 11 is 0. The molecule has 84 valence electrons. The molecule has 0 radical (unpaired) electrons. The standard InChI is InChI=1S/C12H21N3/c1-5-10(6-2)12-14-9(4)8(3)11(7-13)15-12/h10H,5-7,13H2,1-4H3. The van der Waals surface area contributed by atoms with Crippen LogP contribution < -0.4 is 5.73 Å². The van der Waals surface area contributed by atoms with Crippen LogP contribution in [0.2, 0.25) is 0 Å². The Morgan fingerprint density at radius 3 is 2.20 bits per heavy atom. The first-order valence-corrected chi connectivity index (χ1v) is 5.68. The molecule has 3 nitrogen and oxygen atoms in total. The maximum absolute atomic E-state index is 5.68. The molecule has 3 heteroatoms. The first-order valence-electron chi connectivity index (χ1n) is 5.68. The van der Waals surface area contributed by atoms with E-state index in [2.05, 4.69) is 23.8 Å². The molecule has 15 heavy (non-hydrogen) atoms. The Morgan fingerprint density at radius 1 is 1.13 bits per heavy atom. The lowest BCUT2D eigenvalue weighted by atomic mass is 10.0. The highest BCUT2D eigenvalue weighted by atomic mass is 14.9. The zero-order valence-corrected chi connectivity index (χ0v) is 10.2. The van der Waals surface area contributed by atoms with Gasteiger partial charge >= 0.3 is 0 Å². The molecule has 2 N–H and O–H groups in total. The second-order valence-electron chi connectivity index (χ2n) is 3.96. The minimum absolute atomic E-state index is 0.467. The van der Waals surface area contributed by atoms with Crippen LogP contribution in [0.3, 0.4) is 0 Å². The molecule has 0 unspecified atom stereocenters. The number of nitrogens with two attached hydrogens (primary N) is 1. The second kappa shape index (κ2) is 5.21. The van der Waals surface area contributed by atoms with Crippen molar-refractivity contribution >= 4 is 0 Å². The fourth-order valence-corrected chi connectivity index (χ4v) is 1.75. The van der Waals surface area contributed by atoms with E-state index in [1.807, 2.05) is 13.8 Å². The summed E-state index contributed by atoms with van der Waals surface area (Å²) in [5.74, 6) is 1.43. The lowest BCUT2D eigenvalue weighted by Crippen LogP contribution is -2.11. The van der Waals surface area contributed by atoms with Crippen LogP contribution in [-0.4, -0.2) is 9.97 Å². The maximum Gasteiger partial charge on any atom is 0.131 e. The third-order valence-electron chi connectivity index (χ3n) is 3.05. The van der Waals surface area contributed by atoms with Gasteiger partial charge in [-0.25, -0.2) is 9.97 Å². The van der Waals surface area contributed by atoms with Crippen molar-refractivity contribution in [2.75, 3.05) is 0 Å². The Hall–Kier alpha value is -0.960. The predicted octanol–water partition coefficient (Wildman–Crippen LogP) is 2.46. The number of aryl methyl sites for hydroxylation is 1. The summed E-state index contributed by atoms with van der Waals surface area (Å²) in [7, 11) is 0. The van der Waals surface area contributed by atoms with Crippen LogP contribution in [0.25, 0.3) is 0 Å². The maximum atomic E-state index is 5.68. The summed E-state index contributed by atoms with van der Waals surface area (Å²) in [5.41, 5.74) is 8.87. The van der Waals surface area contributed by atoms with Crippen LogP contribution in [0, 0.1) is 13.8 Å². The van der Waals surface area contributed by atoms with E-state index in [0.717, 1.165) is 35.6 Å². The fourth-order valence-electron chi connectivity index (χ4n) is 1.75. The highest BCUT2D eigenvalue weighted by Gasteiger charge is 2.13. The van der Waals surface area contributed by atoms with E-state index >= 15 is 0 Å². The topological polar surface area (TPSA) is 51.8 Å². The average Bonchev–Trinajstić information content (AvgIpc) is 2.24. The Kier molecular flexibility index (Phi) is 4.21. The van der Waals surface area contributed by atoms with E-state index < -0.39 is 0 Å². The summed E-state index contributed by atoms with van der Waals surface area (Å²) in [6.45, 7) is 8.92. The van der Waals surface area contributed by atoms with Crippen LogP contribution in [0.5, 0.6) is 0 Å². The Morgan fingerprint density at radius 2 is 1.73 bits per heavy atom. The Bertz CT molecular complexity index is 330. The normalized spacial score (nSPS) is 11.1. The van der Waals surface area contributed by atoms with Gasteiger partial charge < -0.3 is 5.73 Å². The third kappa shape index (κ3) is 2.53. The number of hydrogen-bond acceptors (Lipinski definition) is 3. The molecular weight excluding hydrogens is 186 g/mol. The van der Waals surface area contributed by atoms with Crippen LogP contribution in [0.15, 0.2) is 0 Å². The van der Waals surface area contributed by atoms with Crippen molar-refractivity contribution in [2.45, 2.75) is 53.0 Å². The first kappa shape index (κ1) is 12.1. The average molecular weight is 207 g/mol. The molecule has 1 aromatic rings. The molecule has 0 aliphatic carbocycles. The van der Waals surface area contributed by atoms with Crippen molar-refractivity contribution in [3.05, 3.63) is 22.8 Å². The Labute approximate surface area is 92.1 Å². The van der Waals surface area contributed by atoms with Gasteiger partial charge in [-0.05, 0) is 32.3 Å². The monoisotopic (exact) mass is 207 g/mol. The molecule has 0 saturated heterocycles. The van der Waals surface area contributed by atoms with Gasteiger partial charge in [-0.3, -0.25) is 0 Å². The van der Waals surface area contributed by atoms with Crippen molar-refractivity contribution in [1.29, 1.82) is 0 Å². The van der Waals surface area contributed by atoms with Gasteiger partial charge in [0.2, 0.25) is 0 Å². The van der Waals surface area contributed by atoms with Crippen LogP contribution in [0.1, 0.15) is 55.4 Å². The van der Waals surface area contributed by atoms with Gasteiger partial charge in [0, 0.05) is 18.2 Å². The number of nitrogens with zero attached hydrogens (tertiary/aromatic N) is 2. The summed E-state index contributed by atoms with van der Waals surface area (Å²) < 4.78 is 0. The van der Waals surface area contributed by atoms with E-state index in [9.17, 15) is 0 Å². The molecule has 0 spiro atoms. The number of hydrogen-bond donors (Lipinski definition) is 1. The number of rotatable bonds is 4. The Balaban J connectivity index is 3.15. The smallest absolute Gasteiger partial charge is 0.131 e. The van der Waals surface area contributed by atoms with E-state index in [1.54, 1.807) is 0 Å². The highest BCUT2D eigenvalue weighted by molar-refractivity contribution is 5.24. The largest absolute Gasteiger partial charge is 0.325 e. The quantitative estimate of drug-likeness (QED) is 0.825. The van der Waals surface area contributed by atoms with Gasteiger partial charge in [0.15, 0.2) is 0 Å². The van der Waals surface area contributed by atoms with E-state index in [4.69, 9.17) is 5.73 Å². The van der Waals surface area contributed by atoms with Crippen molar-refractivity contribution in [3.63, 3.8) is 0 Å². The van der Waals surface area contributed by atoms with Gasteiger partial charge in [0.25, 0.3) is 0 Å². The molecule has 1 rings (SSSR count). The summed E-state index contributed by atoms with van der Waals surface area (Å²) in [4.78, 5) is 9.11. The van der Waals surface area contributed by atoms with Crippen molar-refractivity contribution in [1.82, 2.24) is 9.97 Å². The molecule has 0 atom stereocenters. The minimum Gasteiger partial charge on any atom is -0.325 e. The SMILES string of the molecule is CCC(CC)c1nc(C)c(C)c(CN)n1. The molecular formula is C12H21N3. The van der Waals surface area contributed by atoms with E-state index in [0.29, 0.717) is 12.5 Å². The van der Waals surface area contributed by atoms with Crippen LogP contribution in [0.4, 0.5) is 0 Å². The molecule has 0 aliphatic rings. The lowest BCUT2D eigenvalue weighted by Gasteiger charge is -2.14. The molecule has 0 saturated carbocycles. The molecule has 0 aromatic carbocycles. The zero-order chi connectivity index (χ0) is 11.4. The first-order chi connectivity index (χ1) is 7.13. The number of aromatic nitrogens is 2. The third-order valence-corrected chi connectivity index (χ3v) is 3.05. The molecule has 0 aliphatic heterocycles. The van der Waals surface area contributed by atoms with Gasteiger partial charge in [-0.2, -0.15) is 0 Å². The van der Waals surface area contributed by atoms with Crippen molar-refractivity contribution < 1.29 is 0 Å². The summed E-state index contributed by atoms with van der Waals surface area (Å²) in [6, 6.07) is 0. The molecule has 1 heterocycles. The molecule has 0 fully saturated rings. The lowest BCUT2D eigenvalue weighted by molar-refractivity contribution is 0.593. The van der Waals surface area contributed by atoms with Gasteiger partial charge in [0.1, 0.15) is 5.82 Å². The van der Waals surface area contributed by atoms with E-state index in [-0.39, 0.29) is 0 Å². The molecule has 0 bridgehead atoms.